The molecule has 0 spiro atoms. The molecule has 2 rings (SSSR count). The van der Waals surface area contributed by atoms with Gasteiger partial charge in [0.05, 0.1) is 18.6 Å². The van der Waals surface area contributed by atoms with Crippen molar-refractivity contribution < 1.29 is 24.1 Å². The molecule has 1 aliphatic carbocycles. The molecule has 0 aromatic heterocycles. The summed E-state index contributed by atoms with van der Waals surface area (Å²) in [5, 5.41) is 9.99. The van der Waals surface area contributed by atoms with E-state index in [1.807, 2.05) is 34.6 Å². The van der Waals surface area contributed by atoms with Gasteiger partial charge < -0.3 is 19.3 Å². The lowest BCUT2D eigenvalue weighted by Crippen LogP contribution is -2.30. The lowest BCUT2D eigenvalue weighted by molar-refractivity contribution is -0.171. The third-order valence-corrected chi connectivity index (χ3v) is 3.40. The average Bonchev–Trinajstić information content (AvgIpc) is 2.61. The molecule has 1 N–H and O–H groups in total. The van der Waals surface area contributed by atoms with E-state index in [2.05, 4.69) is 0 Å². The normalized spacial score (nSPS) is 37.2. The molecule has 110 valence electrons. The highest BCUT2D eigenvalue weighted by molar-refractivity contribution is 5.70. The van der Waals surface area contributed by atoms with Crippen LogP contribution in [0, 0.1) is 5.92 Å². The van der Waals surface area contributed by atoms with E-state index < -0.39 is 17.5 Å². The summed E-state index contributed by atoms with van der Waals surface area (Å²) in [6.45, 7) is 9.17. The second-order valence-electron chi connectivity index (χ2n) is 6.92. The molecule has 1 saturated carbocycles. The molecule has 4 atom stereocenters. The first-order valence-electron chi connectivity index (χ1n) is 6.83. The van der Waals surface area contributed by atoms with Gasteiger partial charge in [0.25, 0.3) is 0 Å². The summed E-state index contributed by atoms with van der Waals surface area (Å²) in [7, 11) is 0. The highest BCUT2D eigenvalue weighted by atomic mass is 16.8. The number of aliphatic hydroxyl groups is 1. The standard InChI is InChI=1S/C14H24O5/c1-13(2,3)17-10(16)7-8-6-9(15)12-11(8)18-14(4,5)19-12/h8-9,11-12,15H,6-7H2,1-5H3/t8?,9-,11+,12-/m1/s1. The summed E-state index contributed by atoms with van der Waals surface area (Å²) in [6, 6.07) is 0. The zero-order valence-electron chi connectivity index (χ0n) is 12.3. The van der Waals surface area contributed by atoms with Crippen LogP contribution < -0.4 is 0 Å². The summed E-state index contributed by atoms with van der Waals surface area (Å²) in [6.07, 6.45) is -0.348. The van der Waals surface area contributed by atoms with E-state index in [1.165, 1.54) is 0 Å². The van der Waals surface area contributed by atoms with Crippen molar-refractivity contribution in [3.05, 3.63) is 0 Å². The molecule has 0 bridgehead atoms. The monoisotopic (exact) mass is 272 g/mol. The fourth-order valence-electron chi connectivity index (χ4n) is 2.85. The first kappa shape index (κ1) is 14.8. The maximum atomic E-state index is 11.9. The van der Waals surface area contributed by atoms with Gasteiger partial charge in [-0.1, -0.05) is 0 Å². The minimum absolute atomic E-state index is 0.0448. The molecular formula is C14H24O5. The van der Waals surface area contributed by atoms with E-state index in [1.54, 1.807) is 0 Å². The number of hydrogen-bond acceptors (Lipinski definition) is 5. The second-order valence-corrected chi connectivity index (χ2v) is 6.92. The van der Waals surface area contributed by atoms with Gasteiger partial charge in [0.1, 0.15) is 11.7 Å². The number of rotatable bonds is 2. The van der Waals surface area contributed by atoms with Crippen LogP contribution in [0.1, 0.15) is 47.5 Å². The fourth-order valence-corrected chi connectivity index (χ4v) is 2.85. The van der Waals surface area contributed by atoms with Crippen molar-refractivity contribution in [1.82, 2.24) is 0 Å². The molecule has 19 heavy (non-hydrogen) atoms. The fraction of sp³-hybridized carbons (Fsp3) is 0.929. The van der Waals surface area contributed by atoms with Crippen molar-refractivity contribution in [3.8, 4) is 0 Å². The maximum Gasteiger partial charge on any atom is 0.306 e. The van der Waals surface area contributed by atoms with Gasteiger partial charge in [-0.3, -0.25) is 4.79 Å². The van der Waals surface area contributed by atoms with Crippen molar-refractivity contribution >= 4 is 5.97 Å². The van der Waals surface area contributed by atoms with Gasteiger partial charge in [0.15, 0.2) is 5.79 Å². The van der Waals surface area contributed by atoms with Crippen LogP contribution in [0.25, 0.3) is 0 Å². The van der Waals surface area contributed by atoms with Gasteiger partial charge in [-0.25, -0.2) is 0 Å². The van der Waals surface area contributed by atoms with Crippen LogP contribution in [0.4, 0.5) is 0 Å². The van der Waals surface area contributed by atoms with E-state index >= 15 is 0 Å². The Labute approximate surface area is 114 Å². The van der Waals surface area contributed by atoms with E-state index in [0.29, 0.717) is 6.42 Å². The van der Waals surface area contributed by atoms with Gasteiger partial charge in [-0.2, -0.15) is 0 Å². The van der Waals surface area contributed by atoms with Crippen LogP contribution in [-0.2, 0) is 19.0 Å². The Morgan fingerprint density at radius 2 is 1.89 bits per heavy atom. The molecule has 1 unspecified atom stereocenters. The highest BCUT2D eigenvalue weighted by Crippen LogP contribution is 2.43. The van der Waals surface area contributed by atoms with Crippen molar-refractivity contribution in [3.63, 3.8) is 0 Å². The van der Waals surface area contributed by atoms with Gasteiger partial charge in [-0.15, -0.1) is 0 Å². The van der Waals surface area contributed by atoms with Gasteiger partial charge in [0, 0.05) is 5.92 Å². The predicted octanol–water partition coefficient (Wildman–Crippen LogP) is 1.62. The molecule has 0 aromatic rings. The van der Waals surface area contributed by atoms with Crippen molar-refractivity contribution in [1.29, 1.82) is 0 Å². The SMILES string of the molecule is CC(C)(C)OC(=O)CC1C[C@@H](O)[C@H]2OC(C)(C)O[C@@H]12. The van der Waals surface area contributed by atoms with Gasteiger partial charge >= 0.3 is 5.97 Å². The zero-order chi connectivity index (χ0) is 14.4. The van der Waals surface area contributed by atoms with Crippen LogP contribution in [0.2, 0.25) is 0 Å². The van der Waals surface area contributed by atoms with Crippen LogP contribution in [-0.4, -0.2) is 40.8 Å². The Balaban J connectivity index is 1.97. The Morgan fingerprint density at radius 1 is 1.32 bits per heavy atom. The van der Waals surface area contributed by atoms with Crippen molar-refractivity contribution in [2.24, 2.45) is 5.92 Å². The first-order valence-corrected chi connectivity index (χ1v) is 6.83. The molecule has 5 heteroatoms. The average molecular weight is 272 g/mol. The summed E-state index contributed by atoms with van der Waals surface area (Å²) >= 11 is 0. The third-order valence-electron chi connectivity index (χ3n) is 3.40. The number of esters is 1. The van der Waals surface area contributed by atoms with Crippen LogP contribution >= 0.6 is 0 Å². The Morgan fingerprint density at radius 3 is 2.47 bits per heavy atom. The molecule has 1 aliphatic heterocycles. The summed E-state index contributed by atoms with van der Waals surface area (Å²) in [4.78, 5) is 11.9. The Bertz CT molecular complexity index is 357. The number of hydrogen-bond donors (Lipinski definition) is 1. The first-order chi connectivity index (χ1) is 8.57. The van der Waals surface area contributed by atoms with E-state index in [0.717, 1.165) is 0 Å². The molecule has 0 radical (unpaired) electrons. The number of fused-ring (bicyclic) bond motifs is 1. The number of ether oxygens (including phenoxy) is 3. The van der Waals surface area contributed by atoms with Gasteiger partial charge in [0.2, 0.25) is 0 Å². The minimum atomic E-state index is -0.692. The zero-order valence-corrected chi connectivity index (χ0v) is 12.3. The molecule has 1 saturated heterocycles. The second kappa shape index (κ2) is 4.72. The van der Waals surface area contributed by atoms with Crippen molar-refractivity contribution in [2.45, 2.75) is 77.2 Å². The number of carbonyl (C=O) groups excluding carboxylic acids is 1. The quantitative estimate of drug-likeness (QED) is 0.774. The van der Waals surface area contributed by atoms with Crippen LogP contribution in [0.15, 0.2) is 0 Å². The molecule has 2 aliphatic rings. The Kier molecular flexibility index (Phi) is 3.66. The largest absolute Gasteiger partial charge is 0.460 e. The lowest BCUT2D eigenvalue weighted by Gasteiger charge is -2.24. The number of carbonyl (C=O) groups is 1. The van der Waals surface area contributed by atoms with E-state index in [4.69, 9.17) is 14.2 Å². The topological polar surface area (TPSA) is 65.0 Å². The van der Waals surface area contributed by atoms with E-state index in [9.17, 15) is 9.90 Å². The van der Waals surface area contributed by atoms with Crippen LogP contribution in [0.5, 0.6) is 0 Å². The molecular weight excluding hydrogens is 248 g/mol. The van der Waals surface area contributed by atoms with Gasteiger partial charge in [-0.05, 0) is 41.0 Å². The molecule has 2 fully saturated rings. The predicted molar refractivity (Wildman–Crippen MR) is 68.4 cm³/mol. The summed E-state index contributed by atoms with van der Waals surface area (Å²) in [5.74, 6) is -0.988. The van der Waals surface area contributed by atoms with E-state index in [-0.39, 0.29) is 30.5 Å². The smallest absolute Gasteiger partial charge is 0.306 e. The lowest BCUT2D eigenvalue weighted by atomic mass is 10.0. The highest BCUT2D eigenvalue weighted by Gasteiger charge is 2.54. The third kappa shape index (κ3) is 3.46. The summed E-state index contributed by atoms with van der Waals surface area (Å²) in [5.41, 5.74) is -0.486. The molecule has 5 nitrogen and oxygen atoms in total. The van der Waals surface area contributed by atoms with Crippen LogP contribution in [0.3, 0.4) is 0 Å². The number of aliphatic hydroxyl groups excluding tert-OH is 1. The molecule has 1 heterocycles. The minimum Gasteiger partial charge on any atom is -0.460 e. The van der Waals surface area contributed by atoms with Crippen molar-refractivity contribution in [2.75, 3.05) is 0 Å². The maximum absolute atomic E-state index is 11.9. The Hall–Kier alpha value is -0.650. The molecule has 0 aromatic carbocycles. The molecule has 0 amide bonds. The summed E-state index contributed by atoms with van der Waals surface area (Å²) < 4.78 is 16.8.